The van der Waals surface area contributed by atoms with Crippen molar-refractivity contribution in [2.45, 2.75) is 13.1 Å². The molecular formula is C19H13F3N4OS. The number of thiophene rings is 1. The third-order valence-corrected chi connectivity index (χ3v) is 5.20. The molecule has 1 aromatic carbocycles. The Bertz CT molecular complexity index is 1170. The van der Waals surface area contributed by atoms with Crippen LogP contribution in [0.2, 0.25) is 0 Å². The van der Waals surface area contributed by atoms with Crippen molar-refractivity contribution in [1.29, 1.82) is 0 Å². The molecule has 1 amide bonds. The first kappa shape index (κ1) is 18.2. The van der Waals surface area contributed by atoms with Crippen molar-refractivity contribution in [3.8, 4) is 5.69 Å². The molecule has 0 unspecified atom stereocenters. The van der Waals surface area contributed by atoms with E-state index in [0.29, 0.717) is 11.1 Å². The van der Waals surface area contributed by atoms with Gasteiger partial charge in [-0.2, -0.15) is 18.3 Å². The number of para-hydroxylation sites is 1. The van der Waals surface area contributed by atoms with Crippen LogP contribution in [-0.2, 0) is 6.18 Å². The highest BCUT2D eigenvalue weighted by molar-refractivity contribution is 7.20. The number of benzene rings is 1. The number of hydrogen-bond acceptors (Lipinski definition) is 4. The van der Waals surface area contributed by atoms with Crippen molar-refractivity contribution >= 4 is 33.1 Å². The summed E-state index contributed by atoms with van der Waals surface area (Å²) in [6.07, 6.45) is -2.63. The summed E-state index contributed by atoms with van der Waals surface area (Å²) in [5.74, 6) is -0.499. The van der Waals surface area contributed by atoms with Crippen LogP contribution in [-0.4, -0.2) is 20.7 Å². The Labute approximate surface area is 161 Å². The number of carbonyl (C=O) groups is 1. The molecule has 142 valence electrons. The topological polar surface area (TPSA) is 59.8 Å². The van der Waals surface area contributed by atoms with Gasteiger partial charge in [0.25, 0.3) is 5.91 Å². The first-order valence-electron chi connectivity index (χ1n) is 8.21. The van der Waals surface area contributed by atoms with Gasteiger partial charge in [0.15, 0.2) is 0 Å². The molecule has 0 radical (unpaired) electrons. The Balaban J connectivity index is 1.66. The van der Waals surface area contributed by atoms with Crippen LogP contribution in [0.1, 0.15) is 20.9 Å². The average molecular weight is 402 g/mol. The van der Waals surface area contributed by atoms with Crippen molar-refractivity contribution in [1.82, 2.24) is 14.8 Å². The van der Waals surface area contributed by atoms with E-state index in [-0.39, 0.29) is 5.69 Å². The molecule has 4 rings (SSSR count). The number of nitrogens with one attached hydrogen (secondary N) is 1. The molecule has 0 spiro atoms. The number of rotatable bonds is 3. The van der Waals surface area contributed by atoms with Gasteiger partial charge in [0.1, 0.15) is 4.83 Å². The van der Waals surface area contributed by atoms with Crippen LogP contribution in [0.5, 0.6) is 0 Å². The third-order valence-electron chi connectivity index (χ3n) is 4.09. The number of nitrogens with zero attached hydrogens (tertiary/aromatic N) is 3. The predicted molar refractivity (Wildman–Crippen MR) is 101 cm³/mol. The zero-order chi connectivity index (χ0) is 19.9. The van der Waals surface area contributed by atoms with Gasteiger partial charge in [-0.25, -0.2) is 4.68 Å². The zero-order valence-electron chi connectivity index (χ0n) is 14.5. The number of halogens is 3. The standard InChI is InChI=1S/C19H13F3N4OS/c1-11-15-8-16(28-18(15)26(25-11)14-5-3-2-4-6-14)17(27)24-13-7-12(9-23-10-13)19(20,21)22/h2-10H,1H3,(H,24,27). The number of amides is 1. The number of hydrogen-bond donors (Lipinski definition) is 1. The van der Waals surface area contributed by atoms with Crippen LogP contribution in [0.4, 0.5) is 18.9 Å². The van der Waals surface area contributed by atoms with Gasteiger partial charge < -0.3 is 5.32 Å². The highest BCUT2D eigenvalue weighted by Crippen LogP contribution is 2.32. The number of alkyl halides is 3. The zero-order valence-corrected chi connectivity index (χ0v) is 15.3. The summed E-state index contributed by atoms with van der Waals surface area (Å²) >= 11 is 1.22. The van der Waals surface area contributed by atoms with E-state index < -0.39 is 17.6 Å². The van der Waals surface area contributed by atoms with E-state index in [0.717, 1.165) is 27.7 Å². The van der Waals surface area contributed by atoms with Crippen LogP contribution in [0.15, 0.2) is 54.9 Å². The summed E-state index contributed by atoms with van der Waals surface area (Å²) in [7, 11) is 0. The summed E-state index contributed by atoms with van der Waals surface area (Å²) in [6, 6.07) is 12.0. The van der Waals surface area contributed by atoms with Gasteiger partial charge in [-0.05, 0) is 31.2 Å². The van der Waals surface area contributed by atoms with Crippen LogP contribution < -0.4 is 5.32 Å². The van der Waals surface area contributed by atoms with Crippen molar-refractivity contribution in [3.63, 3.8) is 0 Å². The highest BCUT2D eigenvalue weighted by atomic mass is 32.1. The molecule has 0 fully saturated rings. The van der Waals surface area contributed by atoms with Crippen LogP contribution in [0, 0.1) is 6.92 Å². The molecule has 0 saturated heterocycles. The molecule has 3 aromatic heterocycles. The minimum Gasteiger partial charge on any atom is -0.320 e. The number of carbonyl (C=O) groups excluding carboxylic acids is 1. The summed E-state index contributed by atoms with van der Waals surface area (Å²) < 4.78 is 40.2. The monoisotopic (exact) mass is 402 g/mol. The summed E-state index contributed by atoms with van der Waals surface area (Å²) in [4.78, 5) is 17.3. The van der Waals surface area contributed by atoms with E-state index in [1.54, 1.807) is 10.7 Å². The Morgan fingerprint density at radius 2 is 1.89 bits per heavy atom. The van der Waals surface area contributed by atoms with Crippen molar-refractivity contribution in [2.75, 3.05) is 5.32 Å². The minimum atomic E-state index is -4.53. The van der Waals surface area contributed by atoms with Gasteiger partial charge >= 0.3 is 6.18 Å². The van der Waals surface area contributed by atoms with Crippen molar-refractivity contribution < 1.29 is 18.0 Å². The highest BCUT2D eigenvalue weighted by Gasteiger charge is 2.31. The summed E-state index contributed by atoms with van der Waals surface area (Å²) in [5.41, 5.74) is 0.683. The molecule has 0 bridgehead atoms. The SMILES string of the molecule is Cc1nn(-c2ccccc2)c2sc(C(=O)Nc3cncc(C(F)(F)F)c3)cc12. The fraction of sp³-hybridized carbons (Fsp3) is 0.105. The number of pyridine rings is 1. The normalized spacial score (nSPS) is 11.7. The molecule has 0 atom stereocenters. The first-order valence-corrected chi connectivity index (χ1v) is 9.03. The Kier molecular flexibility index (Phi) is 4.38. The molecule has 3 heterocycles. The maximum atomic E-state index is 12.8. The molecule has 1 N–H and O–H groups in total. The number of fused-ring (bicyclic) bond motifs is 1. The lowest BCUT2D eigenvalue weighted by Crippen LogP contribution is -2.12. The largest absolute Gasteiger partial charge is 0.417 e. The molecule has 9 heteroatoms. The molecule has 0 aliphatic rings. The smallest absolute Gasteiger partial charge is 0.320 e. The lowest BCUT2D eigenvalue weighted by Gasteiger charge is -2.08. The fourth-order valence-corrected chi connectivity index (χ4v) is 3.84. The van der Waals surface area contributed by atoms with E-state index in [1.165, 1.54) is 17.5 Å². The van der Waals surface area contributed by atoms with E-state index >= 15 is 0 Å². The Morgan fingerprint density at radius 1 is 1.14 bits per heavy atom. The van der Waals surface area contributed by atoms with Crippen molar-refractivity contribution in [2.24, 2.45) is 0 Å². The molecule has 0 saturated carbocycles. The predicted octanol–water partition coefficient (Wildman–Crippen LogP) is 5.06. The van der Waals surface area contributed by atoms with Crippen LogP contribution >= 0.6 is 11.3 Å². The van der Waals surface area contributed by atoms with Gasteiger partial charge in [-0.15, -0.1) is 11.3 Å². The molecule has 5 nitrogen and oxygen atoms in total. The van der Waals surface area contributed by atoms with Gasteiger partial charge in [0.05, 0.1) is 33.7 Å². The maximum absolute atomic E-state index is 12.8. The number of aromatic nitrogens is 3. The second-order valence-corrected chi connectivity index (χ2v) is 7.11. The Morgan fingerprint density at radius 3 is 2.61 bits per heavy atom. The lowest BCUT2D eigenvalue weighted by molar-refractivity contribution is -0.137. The summed E-state index contributed by atoms with van der Waals surface area (Å²) in [5, 5.41) is 7.80. The molecule has 4 aromatic rings. The first-order chi connectivity index (χ1) is 13.3. The fourth-order valence-electron chi connectivity index (χ4n) is 2.76. The van der Waals surface area contributed by atoms with Crippen LogP contribution in [0.3, 0.4) is 0 Å². The van der Waals surface area contributed by atoms with Gasteiger partial charge in [-0.1, -0.05) is 18.2 Å². The van der Waals surface area contributed by atoms with Crippen molar-refractivity contribution in [3.05, 3.63) is 71.0 Å². The molecular weight excluding hydrogens is 389 g/mol. The number of anilines is 1. The van der Waals surface area contributed by atoms with E-state index in [1.807, 2.05) is 37.3 Å². The van der Waals surface area contributed by atoms with Crippen LogP contribution in [0.25, 0.3) is 15.9 Å². The van der Waals surface area contributed by atoms with E-state index in [9.17, 15) is 18.0 Å². The quantitative estimate of drug-likeness (QED) is 0.521. The maximum Gasteiger partial charge on any atom is 0.417 e. The molecule has 0 aliphatic carbocycles. The number of aryl methyl sites for hydroxylation is 1. The second-order valence-electron chi connectivity index (χ2n) is 6.08. The Hall–Kier alpha value is -3.20. The minimum absolute atomic E-state index is 0.0151. The van der Waals surface area contributed by atoms with Gasteiger partial charge in [-0.3, -0.25) is 9.78 Å². The molecule has 0 aliphatic heterocycles. The third kappa shape index (κ3) is 3.36. The molecule has 28 heavy (non-hydrogen) atoms. The lowest BCUT2D eigenvalue weighted by atomic mass is 10.2. The van der Waals surface area contributed by atoms with E-state index in [4.69, 9.17) is 0 Å². The van der Waals surface area contributed by atoms with E-state index in [2.05, 4.69) is 15.4 Å². The second kappa shape index (κ2) is 6.75. The average Bonchev–Trinajstić information content (AvgIpc) is 3.23. The van der Waals surface area contributed by atoms with Gasteiger partial charge in [0.2, 0.25) is 0 Å². The van der Waals surface area contributed by atoms with Gasteiger partial charge in [0, 0.05) is 11.6 Å². The summed E-state index contributed by atoms with van der Waals surface area (Å²) in [6.45, 7) is 1.84.